The number of aromatic nitrogens is 4. The molecule has 62 heavy (non-hydrogen) atoms. The summed E-state index contributed by atoms with van der Waals surface area (Å²) in [5.41, 5.74) is 9.71. The molecule has 288 valence electrons. The summed E-state index contributed by atoms with van der Waals surface area (Å²) >= 11 is 0. The lowest BCUT2D eigenvalue weighted by Crippen LogP contribution is -2.01. The molecule has 3 heterocycles. The third kappa shape index (κ3) is 5.25. The zero-order valence-corrected chi connectivity index (χ0v) is 33.3. The fourth-order valence-corrected chi connectivity index (χ4v) is 9.58. The topological polar surface area (TPSA) is 56.7 Å². The van der Waals surface area contributed by atoms with Gasteiger partial charge < -0.3 is 8.98 Å². The molecule has 5 nitrogen and oxygen atoms in total. The Bertz CT molecular complexity index is 3810. The van der Waals surface area contributed by atoms with E-state index < -0.39 is 0 Å². The summed E-state index contributed by atoms with van der Waals surface area (Å²) in [6, 6.07) is 72.6. The van der Waals surface area contributed by atoms with Crippen LogP contribution in [0.2, 0.25) is 0 Å². The summed E-state index contributed by atoms with van der Waals surface area (Å²) in [4.78, 5) is 15.6. The van der Waals surface area contributed by atoms with Crippen molar-refractivity contribution < 1.29 is 4.42 Å². The van der Waals surface area contributed by atoms with E-state index in [9.17, 15) is 0 Å². The van der Waals surface area contributed by atoms with E-state index in [1.807, 2.05) is 36.4 Å². The summed E-state index contributed by atoms with van der Waals surface area (Å²) in [7, 11) is 0. The SMILES string of the molecule is c1ccc(-c2ccc(-c3nc(-c4ccccc4)nc(-c4ccc(-n5c6ccc7ccccc7c6c6c7ccccc7ccc65)c5c4oc4ccc6ccccc6c45)n3)cc2)cc1. The van der Waals surface area contributed by atoms with Gasteiger partial charge in [0, 0.05) is 27.3 Å². The standard InChI is InChI=1S/C57H34N4O/c1-3-13-35(14-4-1)36-23-25-41(26-24-36)56-58-55(40-18-5-2-6-19-40)59-57(60-56)45-30-33-48(53-52-44-22-12-9-17-39(44)29-34-49(52)62-54(45)53)61-46-31-27-37-15-7-10-20-42(37)50(46)51-43-21-11-8-16-38(43)28-32-47(51)61/h1-34H. The van der Waals surface area contributed by atoms with E-state index in [2.05, 4.69) is 174 Å². The number of benzene rings is 10. The van der Waals surface area contributed by atoms with Crippen molar-refractivity contribution in [1.82, 2.24) is 19.5 Å². The number of hydrogen-bond acceptors (Lipinski definition) is 4. The molecule has 0 amide bonds. The van der Waals surface area contributed by atoms with Crippen molar-refractivity contribution in [1.29, 1.82) is 0 Å². The Kier molecular flexibility index (Phi) is 7.54. The van der Waals surface area contributed by atoms with E-state index in [4.69, 9.17) is 19.4 Å². The molecule has 0 saturated heterocycles. The van der Waals surface area contributed by atoms with Crippen LogP contribution < -0.4 is 0 Å². The van der Waals surface area contributed by atoms with Crippen molar-refractivity contribution in [2.24, 2.45) is 0 Å². The third-order valence-electron chi connectivity index (χ3n) is 12.4. The summed E-state index contributed by atoms with van der Waals surface area (Å²) in [6.07, 6.45) is 0. The Morgan fingerprint density at radius 2 is 0.774 bits per heavy atom. The molecule has 0 aliphatic carbocycles. The number of nitrogens with zero attached hydrogens (tertiary/aromatic N) is 4. The minimum Gasteiger partial charge on any atom is -0.455 e. The molecule has 0 fully saturated rings. The van der Waals surface area contributed by atoms with Crippen LogP contribution in [0.1, 0.15) is 0 Å². The minimum atomic E-state index is 0.542. The van der Waals surface area contributed by atoms with Gasteiger partial charge in [-0.05, 0) is 73.8 Å². The Balaban J connectivity index is 1.12. The molecule has 0 saturated carbocycles. The fraction of sp³-hybridized carbons (Fsp3) is 0. The Hall–Kier alpha value is -8.41. The highest BCUT2D eigenvalue weighted by Crippen LogP contribution is 2.46. The van der Waals surface area contributed by atoms with E-state index in [1.165, 1.54) is 32.3 Å². The van der Waals surface area contributed by atoms with Gasteiger partial charge in [0.1, 0.15) is 11.2 Å². The van der Waals surface area contributed by atoms with Gasteiger partial charge in [-0.2, -0.15) is 0 Å². The zero-order valence-electron chi connectivity index (χ0n) is 33.3. The van der Waals surface area contributed by atoms with Crippen LogP contribution in [0, 0.1) is 0 Å². The highest BCUT2D eigenvalue weighted by Gasteiger charge is 2.25. The molecule has 0 unspecified atom stereocenters. The van der Waals surface area contributed by atoms with Crippen LogP contribution in [-0.2, 0) is 0 Å². The van der Waals surface area contributed by atoms with Gasteiger partial charge in [-0.15, -0.1) is 0 Å². The third-order valence-corrected chi connectivity index (χ3v) is 12.4. The second-order valence-electron chi connectivity index (χ2n) is 15.9. The monoisotopic (exact) mass is 790 g/mol. The first kappa shape index (κ1) is 34.5. The Morgan fingerprint density at radius 1 is 0.323 bits per heavy atom. The number of rotatable bonds is 5. The normalized spacial score (nSPS) is 11.9. The zero-order chi connectivity index (χ0) is 40.7. The lowest BCUT2D eigenvalue weighted by atomic mass is 10.00. The average molecular weight is 791 g/mol. The molecule has 10 aromatic carbocycles. The minimum absolute atomic E-state index is 0.542. The maximum Gasteiger partial charge on any atom is 0.167 e. The predicted molar refractivity (Wildman–Crippen MR) is 256 cm³/mol. The first-order valence-electron chi connectivity index (χ1n) is 20.9. The van der Waals surface area contributed by atoms with Gasteiger partial charge in [0.15, 0.2) is 17.5 Å². The molecule has 0 aliphatic rings. The van der Waals surface area contributed by atoms with Crippen LogP contribution in [0.4, 0.5) is 0 Å². The molecule has 0 bridgehead atoms. The largest absolute Gasteiger partial charge is 0.455 e. The number of furan rings is 1. The number of hydrogen-bond donors (Lipinski definition) is 0. The van der Waals surface area contributed by atoms with E-state index in [-0.39, 0.29) is 0 Å². The first-order chi connectivity index (χ1) is 30.7. The van der Waals surface area contributed by atoms with E-state index in [0.29, 0.717) is 17.5 Å². The van der Waals surface area contributed by atoms with Crippen LogP contribution in [0.15, 0.2) is 211 Å². The van der Waals surface area contributed by atoms with Crippen molar-refractivity contribution >= 4 is 76.1 Å². The summed E-state index contributed by atoms with van der Waals surface area (Å²) in [6.45, 7) is 0. The molecule has 13 aromatic rings. The van der Waals surface area contributed by atoms with E-state index >= 15 is 0 Å². The van der Waals surface area contributed by atoms with Gasteiger partial charge in [0.25, 0.3) is 0 Å². The molecule has 0 radical (unpaired) electrons. The summed E-state index contributed by atoms with van der Waals surface area (Å²) in [5.74, 6) is 1.73. The summed E-state index contributed by atoms with van der Waals surface area (Å²) < 4.78 is 9.53. The molecule has 0 aliphatic heterocycles. The number of fused-ring (bicyclic) bond motifs is 12. The van der Waals surface area contributed by atoms with Crippen LogP contribution in [0.25, 0.3) is 127 Å². The van der Waals surface area contributed by atoms with Gasteiger partial charge in [-0.25, -0.2) is 15.0 Å². The van der Waals surface area contributed by atoms with Gasteiger partial charge >= 0.3 is 0 Å². The quantitative estimate of drug-likeness (QED) is 0.174. The van der Waals surface area contributed by atoms with Gasteiger partial charge in [0.05, 0.1) is 27.7 Å². The second kappa shape index (κ2) is 13.6. The molecule has 13 rings (SSSR count). The van der Waals surface area contributed by atoms with Gasteiger partial charge in [-0.3, -0.25) is 0 Å². The molecule has 0 spiro atoms. The predicted octanol–water partition coefficient (Wildman–Crippen LogP) is 15.0. The van der Waals surface area contributed by atoms with Crippen molar-refractivity contribution in [3.63, 3.8) is 0 Å². The van der Waals surface area contributed by atoms with Gasteiger partial charge in [-0.1, -0.05) is 176 Å². The molecular weight excluding hydrogens is 757 g/mol. The van der Waals surface area contributed by atoms with E-state index in [1.54, 1.807) is 0 Å². The van der Waals surface area contributed by atoms with Crippen LogP contribution in [0.3, 0.4) is 0 Å². The van der Waals surface area contributed by atoms with Crippen molar-refractivity contribution in [2.75, 3.05) is 0 Å². The summed E-state index contributed by atoms with van der Waals surface area (Å²) in [5, 5.41) is 11.7. The smallest absolute Gasteiger partial charge is 0.167 e. The van der Waals surface area contributed by atoms with Crippen molar-refractivity contribution in [3.8, 4) is 51.0 Å². The molecule has 0 atom stereocenters. The molecular formula is C57H34N4O. The lowest BCUT2D eigenvalue weighted by molar-refractivity contribution is 0.669. The van der Waals surface area contributed by atoms with Crippen molar-refractivity contribution in [2.45, 2.75) is 0 Å². The first-order valence-corrected chi connectivity index (χ1v) is 20.9. The van der Waals surface area contributed by atoms with Gasteiger partial charge in [0.2, 0.25) is 0 Å². The highest BCUT2D eigenvalue weighted by molar-refractivity contribution is 6.30. The van der Waals surface area contributed by atoms with Crippen LogP contribution >= 0.6 is 0 Å². The molecule has 0 N–H and O–H groups in total. The van der Waals surface area contributed by atoms with Crippen LogP contribution in [0.5, 0.6) is 0 Å². The maximum atomic E-state index is 7.09. The van der Waals surface area contributed by atoms with Crippen molar-refractivity contribution in [3.05, 3.63) is 206 Å². The maximum absolute atomic E-state index is 7.09. The fourth-order valence-electron chi connectivity index (χ4n) is 9.58. The Labute approximate surface area is 355 Å². The second-order valence-corrected chi connectivity index (χ2v) is 15.9. The Morgan fingerprint density at radius 3 is 1.37 bits per heavy atom. The lowest BCUT2D eigenvalue weighted by Gasteiger charge is -2.13. The highest BCUT2D eigenvalue weighted by atomic mass is 16.3. The molecule has 3 aromatic heterocycles. The molecule has 5 heteroatoms. The average Bonchev–Trinajstić information content (AvgIpc) is 3.92. The van der Waals surface area contributed by atoms with Crippen LogP contribution in [-0.4, -0.2) is 19.5 Å². The van der Waals surface area contributed by atoms with E-state index in [0.717, 1.165) is 77.2 Å².